The van der Waals surface area contributed by atoms with Crippen LogP contribution >= 0.6 is 0 Å². The van der Waals surface area contributed by atoms with E-state index in [1.807, 2.05) is 6.08 Å². The molecule has 0 aromatic carbocycles. The minimum atomic E-state index is -0.247. The summed E-state index contributed by atoms with van der Waals surface area (Å²) in [6.07, 6.45) is 10.5. The van der Waals surface area contributed by atoms with Gasteiger partial charge in [0.15, 0.2) is 0 Å². The van der Waals surface area contributed by atoms with Crippen molar-refractivity contribution >= 4 is 5.78 Å². The molecule has 0 aromatic heterocycles. The zero-order valence-electron chi connectivity index (χ0n) is 14.2. The summed E-state index contributed by atoms with van der Waals surface area (Å²) in [7, 11) is 0. The number of carbonyl (C=O) groups is 1. The van der Waals surface area contributed by atoms with Gasteiger partial charge in [-0.15, -0.1) is 0 Å². The van der Waals surface area contributed by atoms with E-state index < -0.39 is 0 Å². The molecule has 0 radical (unpaired) electrons. The molecular formula is C20H30O2. The van der Waals surface area contributed by atoms with Crippen LogP contribution in [0.1, 0.15) is 59.3 Å². The lowest BCUT2D eigenvalue weighted by Gasteiger charge is -2.60. The van der Waals surface area contributed by atoms with Crippen LogP contribution in [0.3, 0.4) is 0 Å². The number of fused-ring (bicyclic) bond motifs is 5. The van der Waals surface area contributed by atoms with Crippen molar-refractivity contribution in [2.75, 3.05) is 0 Å². The van der Waals surface area contributed by atoms with Crippen LogP contribution in [-0.2, 0) is 4.79 Å². The van der Waals surface area contributed by atoms with Crippen LogP contribution < -0.4 is 0 Å². The van der Waals surface area contributed by atoms with Crippen LogP contribution in [0.5, 0.6) is 0 Å². The van der Waals surface area contributed by atoms with Crippen molar-refractivity contribution in [3.8, 4) is 0 Å². The van der Waals surface area contributed by atoms with E-state index in [0.29, 0.717) is 35.4 Å². The number of aliphatic hydroxyl groups is 1. The Bertz CT molecular complexity index is 524. The molecule has 4 rings (SSSR count). The van der Waals surface area contributed by atoms with Crippen molar-refractivity contribution < 1.29 is 9.90 Å². The van der Waals surface area contributed by atoms with Gasteiger partial charge in [0.05, 0.1) is 6.10 Å². The Morgan fingerprint density at radius 2 is 1.95 bits per heavy atom. The molecule has 8 atom stereocenters. The van der Waals surface area contributed by atoms with Gasteiger partial charge in [-0.25, -0.2) is 0 Å². The minimum Gasteiger partial charge on any atom is -0.389 e. The molecule has 2 nitrogen and oxygen atoms in total. The van der Waals surface area contributed by atoms with E-state index in [-0.39, 0.29) is 16.9 Å². The standard InChI is InChI=1S/C20H30O2/c1-12-10-13-11-14(21)6-8-19(13,2)16-7-9-20(3)15(18(12)16)4-5-17(20)22/h6,8,12-16,18,21H,4-5,7,9-11H2,1-3H3/t12-,13-,14-,15+,16+,18+,19+,20+/m1/s1. The molecule has 0 spiro atoms. The molecule has 0 amide bonds. The zero-order valence-corrected chi connectivity index (χ0v) is 14.2. The highest BCUT2D eigenvalue weighted by Gasteiger charge is 2.61. The molecule has 22 heavy (non-hydrogen) atoms. The first-order chi connectivity index (χ1) is 10.4. The van der Waals surface area contributed by atoms with E-state index in [1.165, 1.54) is 12.8 Å². The van der Waals surface area contributed by atoms with Gasteiger partial charge in [-0.1, -0.05) is 32.9 Å². The molecule has 2 heteroatoms. The van der Waals surface area contributed by atoms with Gasteiger partial charge < -0.3 is 5.11 Å². The molecule has 122 valence electrons. The number of hydrogen-bond donors (Lipinski definition) is 1. The van der Waals surface area contributed by atoms with Crippen molar-refractivity contribution in [3.63, 3.8) is 0 Å². The Labute approximate surface area is 134 Å². The van der Waals surface area contributed by atoms with Crippen LogP contribution in [0.2, 0.25) is 0 Å². The smallest absolute Gasteiger partial charge is 0.139 e. The van der Waals surface area contributed by atoms with E-state index in [9.17, 15) is 9.90 Å². The minimum absolute atomic E-state index is 0.0312. The molecule has 0 aromatic rings. The van der Waals surface area contributed by atoms with E-state index >= 15 is 0 Å². The van der Waals surface area contributed by atoms with Gasteiger partial charge in [0.1, 0.15) is 5.78 Å². The molecule has 0 heterocycles. The molecular weight excluding hydrogens is 272 g/mol. The van der Waals surface area contributed by atoms with Crippen LogP contribution in [0.25, 0.3) is 0 Å². The quantitative estimate of drug-likeness (QED) is 0.687. The Hall–Kier alpha value is -0.630. The van der Waals surface area contributed by atoms with Crippen molar-refractivity contribution in [2.45, 2.75) is 65.4 Å². The zero-order chi connectivity index (χ0) is 15.7. The molecule has 0 aliphatic heterocycles. The molecule has 1 N–H and O–H groups in total. The second-order valence-electron chi connectivity index (χ2n) is 9.15. The highest BCUT2D eigenvalue weighted by Crippen LogP contribution is 2.65. The normalized spacial score (nSPS) is 57.2. The summed E-state index contributed by atoms with van der Waals surface area (Å²) in [5.74, 6) is 3.85. The maximum atomic E-state index is 12.5. The van der Waals surface area contributed by atoms with Gasteiger partial charge in [-0.2, -0.15) is 0 Å². The Balaban J connectivity index is 1.73. The molecule has 4 aliphatic rings. The largest absolute Gasteiger partial charge is 0.389 e. The van der Waals surface area contributed by atoms with E-state index in [4.69, 9.17) is 0 Å². The Morgan fingerprint density at radius 1 is 1.18 bits per heavy atom. The van der Waals surface area contributed by atoms with E-state index in [1.54, 1.807) is 0 Å². The highest BCUT2D eigenvalue weighted by molar-refractivity contribution is 5.87. The predicted molar refractivity (Wildman–Crippen MR) is 87.2 cm³/mol. The maximum absolute atomic E-state index is 12.5. The van der Waals surface area contributed by atoms with Crippen molar-refractivity contribution in [1.29, 1.82) is 0 Å². The number of rotatable bonds is 0. The SMILES string of the molecule is C[C@@H]1C[C@@H]2C[C@H](O)C=C[C@]2(C)[C@H]2CC[C@]3(C)C(=O)CC[C@H]3[C@H]12. The Kier molecular flexibility index (Phi) is 3.18. The van der Waals surface area contributed by atoms with Crippen molar-refractivity contribution in [3.05, 3.63) is 12.2 Å². The number of hydrogen-bond acceptors (Lipinski definition) is 2. The van der Waals surface area contributed by atoms with Crippen molar-refractivity contribution in [2.24, 2.45) is 40.4 Å². The molecule has 0 saturated heterocycles. The first-order valence-corrected chi connectivity index (χ1v) is 9.27. The monoisotopic (exact) mass is 302 g/mol. The van der Waals surface area contributed by atoms with E-state index in [0.717, 1.165) is 25.7 Å². The van der Waals surface area contributed by atoms with Gasteiger partial charge >= 0.3 is 0 Å². The second kappa shape index (κ2) is 4.69. The fraction of sp³-hybridized carbons (Fsp3) is 0.850. The summed E-state index contributed by atoms with van der Waals surface area (Å²) in [5.41, 5.74) is 0.208. The number of ketones is 1. The highest BCUT2D eigenvalue weighted by atomic mass is 16.3. The number of carbonyl (C=O) groups excluding carboxylic acids is 1. The van der Waals surface area contributed by atoms with Gasteiger partial charge in [0, 0.05) is 11.8 Å². The van der Waals surface area contributed by atoms with Crippen LogP contribution in [0.15, 0.2) is 12.2 Å². The number of allylic oxidation sites excluding steroid dienone is 1. The first-order valence-electron chi connectivity index (χ1n) is 9.27. The van der Waals surface area contributed by atoms with Crippen molar-refractivity contribution in [1.82, 2.24) is 0 Å². The van der Waals surface area contributed by atoms with Gasteiger partial charge in [0.2, 0.25) is 0 Å². The summed E-state index contributed by atoms with van der Waals surface area (Å²) < 4.78 is 0. The summed E-state index contributed by atoms with van der Waals surface area (Å²) in [4.78, 5) is 12.5. The van der Waals surface area contributed by atoms with Crippen LogP contribution in [0, 0.1) is 40.4 Å². The Morgan fingerprint density at radius 3 is 2.73 bits per heavy atom. The van der Waals surface area contributed by atoms with E-state index in [2.05, 4.69) is 26.8 Å². The van der Waals surface area contributed by atoms with Crippen LogP contribution in [-0.4, -0.2) is 17.0 Å². The maximum Gasteiger partial charge on any atom is 0.139 e. The third-order valence-electron chi connectivity index (χ3n) is 8.24. The molecule has 0 bridgehead atoms. The predicted octanol–water partition coefficient (Wildman–Crippen LogP) is 3.98. The fourth-order valence-electron chi connectivity index (χ4n) is 6.95. The molecule has 3 saturated carbocycles. The topological polar surface area (TPSA) is 37.3 Å². The van der Waals surface area contributed by atoms with Crippen LogP contribution in [0.4, 0.5) is 0 Å². The molecule has 0 unspecified atom stereocenters. The average molecular weight is 302 g/mol. The summed E-state index contributed by atoms with van der Waals surface area (Å²) in [6, 6.07) is 0. The lowest BCUT2D eigenvalue weighted by atomic mass is 9.44. The van der Waals surface area contributed by atoms with Gasteiger partial charge in [0.25, 0.3) is 0 Å². The number of aliphatic hydroxyl groups excluding tert-OH is 1. The lowest BCUT2D eigenvalue weighted by molar-refractivity contribution is -0.139. The summed E-state index contributed by atoms with van der Waals surface area (Å²) in [5, 5.41) is 10.0. The molecule has 4 aliphatic carbocycles. The third-order valence-corrected chi connectivity index (χ3v) is 8.24. The number of Topliss-reactive ketones (excluding diaryl/α,β-unsaturated/α-hetero) is 1. The average Bonchev–Trinajstić information content (AvgIpc) is 2.77. The third kappa shape index (κ3) is 1.79. The lowest BCUT2D eigenvalue weighted by Crippen LogP contribution is -2.55. The second-order valence-corrected chi connectivity index (χ2v) is 9.15. The summed E-state index contributed by atoms with van der Waals surface area (Å²) >= 11 is 0. The first kappa shape index (κ1) is 14.9. The fourth-order valence-corrected chi connectivity index (χ4v) is 6.95. The van der Waals surface area contributed by atoms with Gasteiger partial charge in [-0.05, 0) is 67.1 Å². The molecule has 3 fully saturated rings. The summed E-state index contributed by atoms with van der Waals surface area (Å²) in [6.45, 7) is 7.10. The van der Waals surface area contributed by atoms with Gasteiger partial charge in [-0.3, -0.25) is 4.79 Å².